The Kier molecular flexibility index (Phi) is 6.70. The summed E-state index contributed by atoms with van der Waals surface area (Å²) in [7, 11) is 4.65. The summed E-state index contributed by atoms with van der Waals surface area (Å²) in [6.45, 7) is 5.87. The van der Waals surface area contributed by atoms with Gasteiger partial charge in [-0.15, -0.1) is 0 Å². The van der Waals surface area contributed by atoms with Gasteiger partial charge in [-0.05, 0) is 73.9 Å². The Bertz CT molecular complexity index is 1040. The monoisotopic (exact) mass is 441 g/mol. The summed E-state index contributed by atoms with van der Waals surface area (Å²) in [4.78, 5) is 13.3. The van der Waals surface area contributed by atoms with Gasteiger partial charge < -0.3 is 30.2 Å². The van der Waals surface area contributed by atoms with Crippen LogP contribution in [0.3, 0.4) is 0 Å². The molecule has 1 aliphatic heterocycles. The number of benzene rings is 2. The maximum absolute atomic E-state index is 13.3. The minimum atomic E-state index is -0.506. The van der Waals surface area contributed by atoms with Crippen LogP contribution in [0.4, 0.5) is 5.69 Å². The number of methoxy groups -OCH3 is 3. The molecule has 1 amide bonds. The summed E-state index contributed by atoms with van der Waals surface area (Å²) < 4.78 is 16.4. The molecule has 2 aromatic rings. The van der Waals surface area contributed by atoms with E-state index >= 15 is 0 Å². The van der Waals surface area contributed by atoms with Crippen LogP contribution < -0.4 is 30.2 Å². The van der Waals surface area contributed by atoms with Gasteiger partial charge in [0.25, 0.3) is 5.91 Å². The fourth-order valence-electron chi connectivity index (χ4n) is 3.53. The van der Waals surface area contributed by atoms with Crippen molar-refractivity contribution in [2.24, 2.45) is 0 Å². The van der Waals surface area contributed by atoms with Crippen molar-refractivity contribution in [3.05, 3.63) is 58.3 Å². The molecule has 8 heteroatoms. The zero-order chi connectivity index (χ0) is 22.7. The van der Waals surface area contributed by atoms with Crippen molar-refractivity contribution in [2.45, 2.75) is 26.8 Å². The minimum Gasteiger partial charge on any atom is -0.493 e. The van der Waals surface area contributed by atoms with Gasteiger partial charge in [0.05, 0.1) is 32.9 Å². The molecule has 31 heavy (non-hydrogen) atoms. The molecule has 2 aromatic carbocycles. The van der Waals surface area contributed by atoms with Gasteiger partial charge in [0.2, 0.25) is 5.75 Å². The largest absolute Gasteiger partial charge is 0.493 e. The number of hydrogen-bond donors (Lipinski definition) is 3. The summed E-state index contributed by atoms with van der Waals surface area (Å²) >= 11 is 5.36. The van der Waals surface area contributed by atoms with Crippen molar-refractivity contribution in [1.82, 2.24) is 10.6 Å². The normalized spacial score (nSPS) is 15.7. The van der Waals surface area contributed by atoms with Crippen LogP contribution in [-0.2, 0) is 4.79 Å². The molecular formula is C23H27N3O4S. The molecule has 0 bridgehead atoms. The van der Waals surface area contributed by atoms with E-state index < -0.39 is 6.04 Å². The molecule has 0 aliphatic carbocycles. The van der Waals surface area contributed by atoms with Crippen LogP contribution in [0.1, 0.15) is 29.7 Å². The van der Waals surface area contributed by atoms with Crippen LogP contribution in [0.15, 0.2) is 41.6 Å². The van der Waals surface area contributed by atoms with Crippen molar-refractivity contribution in [1.29, 1.82) is 0 Å². The lowest BCUT2D eigenvalue weighted by molar-refractivity contribution is -0.113. The number of anilines is 1. The molecule has 0 spiro atoms. The average molecular weight is 442 g/mol. The van der Waals surface area contributed by atoms with Crippen molar-refractivity contribution in [3.63, 3.8) is 0 Å². The number of thiocarbonyl (C=S) groups is 1. The van der Waals surface area contributed by atoms with E-state index in [0.29, 0.717) is 33.6 Å². The molecule has 0 saturated carbocycles. The smallest absolute Gasteiger partial charge is 0.255 e. The quantitative estimate of drug-likeness (QED) is 0.589. The lowest BCUT2D eigenvalue weighted by Gasteiger charge is -2.31. The van der Waals surface area contributed by atoms with Gasteiger partial charge in [-0.25, -0.2) is 0 Å². The van der Waals surface area contributed by atoms with E-state index in [4.69, 9.17) is 26.4 Å². The van der Waals surface area contributed by atoms with Crippen molar-refractivity contribution >= 4 is 28.9 Å². The number of hydrogen-bond acceptors (Lipinski definition) is 5. The molecule has 7 nitrogen and oxygen atoms in total. The standard InChI is InChI=1S/C23H27N3O4S/c1-12-7-8-16(9-13(12)2)25-22(27)19-14(3)24-23(31)26-20(19)15-10-17(28-4)21(30-6)18(11-15)29-5/h7-11,20H,1-6H3,(H,25,27)(H2,24,26,31)/t20-/m0/s1. The summed E-state index contributed by atoms with van der Waals surface area (Å²) in [6.07, 6.45) is 0. The average Bonchev–Trinajstić information content (AvgIpc) is 2.74. The topological polar surface area (TPSA) is 80.9 Å². The number of aryl methyl sites for hydroxylation is 2. The highest BCUT2D eigenvalue weighted by molar-refractivity contribution is 7.80. The summed E-state index contributed by atoms with van der Waals surface area (Å²) in [5.41, 5.74) is 4.93. The molecule has 3 rings (SSSR count). The first kappa shape index (κ1) is 22.4. The third-order valence-corrected chi connectivity index (χ3v) is 5.52. The Hall–Kier alpha value is -3.26. The summed E-state index contributed by atoms with van der Waals surface area (Å²) in [5, 5.41) is 9.66. The number of allylic oxidation sites excluding steroid dienone is 1. The van der Waals surface area contributed by atoms with Crippen molar-refractivity contribution < 1.29 is 19.0 Å². The Morgan fingerprint density at radius 1 is 0.968 bits per heavy atom. The van der Waals surface area contributed by atoms with E-state index in [1.807, 2.05) is 51.1 Å². The Morgan fingerprint density at radius 3 is 2.16 bits per heavy atom. The highest BCUT2D eigenvalue weighted by Crippen LogP contribution is 2.41. The van der Waals surface area contributed by atoms with E-state index in [-0.39, 0.29) is 5.91 Å². The van der Waals surface area contributed by atoms with Gasteiger partial charge in [-0.3, -0.25) is 4.79 Å². The van der Waals surface area contributed by atoms with Crippen molar-refractivity contribution in [2.75, 3.05) is 26.6 Å². The third kappa shape index (κ3) is 4.59. The van der Waals surface area contributed by atoms with Crippen LogP contribution in [0.25, 0.3) is 0 Å². The fourth-order valence-corrected chi connectivity index (χ4v) is 3.80. The Labute approximate surface area is 187 Å². The first-order valence-corrected chi connectivity index (χ1v) is 10.2. The van der Waals surface area contributed by atoms with Crippen LogP contribution in [-0.4, -0.2) is 32.3 Å². The maximum Gasteiger partial charge on any atom is 0.255 e. The predicted molar refractivity (Wildman–Crippen MR) is 125 cm³/mol. The molecule has 0 radical (unpaired) electrons. The molecule has 0 fully saturated rings. The molecule has 1 aliphatic rings. The first-order valence-electron chi connectivity index (χ1n) is 9.75. The van der Waals surface area contributed by atoms with E-state index in [2.05, 4.69) is 16.0 Å². The number of carbonyl (C=O) groups excluding carboxylic acids is 1. The lowest BCUT2D eigenvalue weighted by atomic mass is 9.94. The Balaban J connectivity index is 2.04. The zero-order valence-corrected chi connectivity index (χ0v) is 19.3. The van der Waals surface area contributed by atoms with E-state index in [1.165, 1.54) is 0 Å². The van der Waals surface area contributed by atoms with E-state index in [0.717, 1.165) is 22.4 Å². The molecule has 0 unspecified atom stereocenters. The van der Waals surface area contributed by atoms with E-state index in [9.17, 15) is 4.79 Å². The third-order valence-electron chi connectivity index (χ3n) is 5.30. The second-order valence-electron chi connectivity index (χ2n) is 7.28. The number of rotatable bonds is 6. The van der Waals surface area contributed by atoms with Crippen LogP contribution in [0, 0.1) is 13.8 Å². The number of ether oxygens (including phenoxy) is 3. The number of carbonyl (C=O) groups is 1. The van der Waals surface area contributed by atoms with Crippen molar-refractivity contribution in [3.8, 4) is 17.2 Å². The van der Waals surface area contributed by atoms with Crippen LogP contribution in [0.2, 0.25) is 0 Å². The minimum absolute atomic E-state index is 0.234. The molecular weight excluding hydrogens is 414 g/mol. The summed E-state index contributed by atoms with van der Waals surface area (Å²) in [5.74, 6) is 1.23. The molecule has 0 saturated heterocycles. The Morgan fingerprint density at radius 2 is 1.61 bits per heavy atom. The molecule has 1 heterocycles. The second kappa shape index (κ2) is 9.26. The zero-order valence-electron chi connectivity index (χ0n) is 18.5. The predicted octanol–water partition coefficient (Wildman–Crippen LogP) is 3.76. The van der Waals surface area contributed by atoms with Gasteiger partial charge in [-0.2, -0.15) is 0 Å². The molecule has 3 N–H and O–H groups in total. The van der Waals surface area contributed by atoms with Crippen LogP contribution >= 0.6 is 12.2 Å². The van der Waals surface area contributed by atoms with Gasteiger partial charge in [0.15, 0.2) is 16.6 Å². The molecule has 0 aromatic heterocycles. The van der Waals surface area contributed by atoms with Gasteiger partial charge in [0.1, 0.15) is 0 Å². The highest BCUT2D eigenvalue weighted by Gasteiger charge is 2.31. The first-order chi connectivity index (χ1) is 14.8. The van der Waals surface area contributed by atoms with Crippen LogP contribution in [0.5, 0.6) is 17.2 Å². The lowest BCUT2D eigenvalue weighted by Crippen LogP contribution is -2.45. The summed E-state index contributed by atoms with van der Waals surface area (Å²) in [6, 6.07) is 8.93. The van der Waals surface area contributed by atoms with E-state index in [1.54, 1.807) is 21.3 Å². The second-order valence-corrected chi connectivity index (χ2v) is 7.69. The molecule has 164 valence electrons. The van der Waals surface area contributed by atoms with Gasteiger partial charge >= 0.3 is 0 Å². The van der Waals surface area contributed by atoms with Gasteiger partial charge in [-0.1, -0.05) is 6.07 Å². The van der Waals surface area contributed by atoms with Gasteiger partial charge in [0, 0.05) is 11.4 Å². The maximum atomic E-state index is 13.3. The fraction of sp³-hybridized carbons (Fsp3) is 0.304. The number of nitrogens with one attached hydrogen (secondary N) is 3. The number of amides is 1. The highest BCUT2D eigenvalue weighted by atomic mass is 32.1. The SMILES string of the molecule is COc1cc([C@@H]2NC(=S)NC(C)=C2C(=O)Nc2ccc(C)c(C)c2)cc(OC)c1OC. The molecule has 1 atom stereocenters.